The van der Waals surface area contributed by atoms with Crippen molar-refractivity contribution in [1.29, 1.82) is 0 Å². The van der Waals surface area contributed by atoms with Crippen molar-refractivity contribution in [3.63, 3.8) is 0 Å². The number of rotatable bonds is 4. The molecular formula is C12H18N2O. The Morgan fingerprint density at radius 2 is 2.33 bits per heavy atom. The maximum Gasteiger partial charge on any atom is 0.0513 e. The molecule has 3 nitrogen and oxygen atoms in total. The van der Waals surface area contributed by atoms with Crippen molar-refractivity contribution in [2.75, 3.05) is 19.8 Å². The summed E-state index contributed by atoms with van der Waals surface area (Å²) in [6.45, 7) is 4.91. The van der Waals surface area contributed by atoms with Gasteiger partial charge in [0.25, 0.3) is 0 Å². The van der Waals surface area contributed by atoms with Gasteiger partial charge in [-0.15, -0.1) is 0 Å². The quantitative estimate of drug-likeness (QED) is 0.815. The maximum atomic E-state index is 5.45. The van der Waals surface area contributed by atoms with E-state index in [2.05, 4.69) is 29.4 Å². The molecule has 1 fully saturated rings. The van der Waals surface area contributed by atoms with Crippen LogP contribution in [0.1, 0.15) is 24.9 Å². The summed E-state index contributed by atoms with van der Waals surface area (Å²) in [5.41, 5.74) is 1.32. The van der Waals surface area contributed by atoms with Gasteiger partial charge in [0.05, 0.1) is 6.61 Å². The highest BCUT2D eigenvalue weighted by Crippen LogP contribution is 2.28. The molecule has 3 heteroatoms. The normalized spacial score (nSPS) is 22.9. The Kier molecular flexibility index (Phi) is 3.69. The van der Waals surface area contributed by atoms with Gasteiger partial charge >= 0.3 is 0 Å². The number of aromatic nitrogens is 1. The number of nitrogens with zero attached hydrogens (tertiary/aromatic N) is 1. The summed E-state index contributed by atoms with van der Waals surface area (Å²) in [4.78, 5) is 4.06. The smallest absolute Gasteiger partial charge is 0.0513 e. The van der Waals surface area contributed by atoms with Gasteiger partial charge < -0.3 is 10.1 Å². The summed E-state index contributed by atoms with van der Waals surface area (Å²) in [5, 5.41) is 3.53. The van der Waals surface area contributed by atoms with Crippen molar-refractivity contribution in [3.05, 3.63) is 30.1 Å². The lowest BCUT2D eigenvalue weighted by Gasteiger charge is -2.23. The van der Waals surface area contributed by atoms with Crippen molar-refractivity contribution in [2.24, 2.45) is 5.92 Å². The van der Waals surface area contributed by atoms with Gasteiger partial charge in [-0.25, -0.2) is 0 Å². The van der Waals surface area contributed by atoms with E-state index in [9.17, 15) is 0 Å². The largest absolute Gasteiger partial charge is 0.381 e. The Balaban J connectivity index is 2.11. The van der Waals surface area contributed by atoms with Crippen LogP contribution in [0.25, 0.3) is 0 Å². The molecular weight excluding hydrogens is 188 g/mol. The highest BCUT2D eigenvalue weighted by Gasteiger charge is 2.26. The zero-order valence-electron chi connectivity index (χ0n) is 9.15. The van der Waals surface area contributed by atoms with Crippen molar-refractivity contribution in [3.8, 4) is 0 Å². The number of hydrogen-bond donors (Lipinski definition) is 1. The van der Waals surface area contributed by atoms with Crippen LogP contribution in [0.15, 0.2) is 24.5 Å². The van der Waals surface area contributed by atoms with Crippen LogP contribution in [-0.2, 0) is 4.74 Å². The van der Waals surface area contributed by atoms with E-state index >= 15 is 0 Å². The van der Waals surface area contributed by atoms with Crippen LogP contribution in [0.2, 0.25) is 0 Å². The SMILES string of the molecule is CCNC(c1ccncc1)C1CCOC1. The molecule has 1 aliphatic heterocycles. The molecule has 0 radical (unpaired) electrons. The number of pyridine rings is 1. The fraction of sp³-hybridized carbons (Fsp3) is 0.583. The lowest BCUT2D eigenvalue weighted by molar-refractivity contribution is 0.177. The third kappa shape index (κ3) is 2.55. The van der Waals surface area contributed by atoms with Crippen LogP contribution in [0.3, 0.4) is 0 Å². The van der Waals surface area contributed by atoms with Crippen molar-refractivity contribution >= 4 is 0 Å². The molecule has 0 aromatic carbocycles. The molecule has 2 unspecified atom stereocenters. The average Bonchev–Trinajstić information content (AvgIpc) is 2.80. The predicted octanol–water partition coefficient (Wildman–Crippen LogP) is 1.77. The Hall–Kier alpha value is -0.930. The van der Waals surface area contributed by atoms with E-state index in [1.165, 1.54) is 5.56 Å². The van der Waals surface area contributed by atoms with Crippen molar-refractivity contribution in [1.82, 2.24) is 10.3 Å². The molecule has 1 aliphatic rings. The number of hydrogen-bond acceptors (Lipinski definition) is 3. The third-order valence-electron chi connectivity index (χ3n) is 2.93. The Morgan fingerprint density at radius 3 is 2.93 bits per heavy atom. The third-order valence-corrected chi connectivity index (χ3v) is 2.93. The number of ether oxygens (including phenoxy) is 1. The second-order valence-corrected chi connectivity index (χ2v) is 3.94. The summed E-state index contributed by atoms with van der Waals surface area (Å²) >= 11 is 0. The zero-order valence-corrected chi connectivity index (χ0v) is 9.15. The summed E-state index contributed by atoms with van der Waals surface area (Å²) < 4.78 is 5.45. The summed E-state index contributed by atoms with van der Waals surface area (Å²) in [6.07, 6.45) is 4.87. The highest BCUT2D eigenvalue weighted by molar-refractivity contribution is 5.16. The van der Waals surface area contributed by atoms with E-state index in [1.807, 2.05) is 12.4 Å². The Labute approximate surface area is 90.9 Å². The van der Waals surface area contributed by atoms with Gasteiger partial charge in [-0.05, 0) is 30.7 Å². The minimum Gasteiger partial charge on any atom is -0.381 e. The van der Waals surface area contributed by atoms with Crippen LogP contribution in [0.5, 0.6) is 0 Å². The zero-order chi connectivity index (χ0) is 10.5. The van der Waals surface area contributed by atoms with Crippen LogP contribution >= 0.6 is 0 Å². The standard InChI is InChI=1S/C12H18N2O/c1-2-14-12(11-5-8-15-9-11)10-3-6-13-7-4-10/h3-4,6-7,11-12,14H,2,5,8-9H2,1H3. The maximum absolute atomic E-state index is 5.45. The molecule has 1 aromatic rings. The minimum atomic E-state index is 0.417. The molecule has 1 saturated heterocycles. The minimum absolute atomic E-state index is 0.417. The van der Waals surface area contributed by atoms with Crippen LogP contribution < -0.4 is 5.32 Å². The van der Waals surface area contributed by atoms with Crippen molar-refractivity contribution in [2.45, 2.75) is 19.4 Å². The first-order valence-electron chi connectivity index (χ1n) is 5.63. The summed E-state index contributed by atoms with van der Waals surface area (Å²) in [6, 6.07) is 4.60. The van der Waals surface area contributed by atoms with Gasteiger partial charge in [-0.2, -0.15) is 0 Å². The van der Waals surface area contributed by atoms with E-state index < -0.39 is 0 Å². The lowest BCUT2D eigenvalue weighted by Crippen LogP contribution is -2.28. The van der Waals surface area contributed by atoms with Crippen LogP contribution in [-0.4, -0.2) is 24.7 Å². The molecule has 2 heterocycles. The van der Waals surface area contributed by atoms with Gasteiger partial charge in [0.15, 0.2) is 0 Å². The van der Waals surface area contributed by atoms with Gasteiger partial charge in [0.2, 0.25) is 0 Å². The topological polar surface area (TPSA) is 34.2 Å². The second-order valence-electron chi connectivity index (χ2n) is 3.94. The molecule has 0 spiro atoms. The molecule has 2 atom stereocenters. The van der Waals surface area contributed by atoms with E-state index in [4.69, 9.17) is 4.74 Å². The molecule has 1 N–H and O–H groups in total. The molecule has 0 aliphatic carbocycles. The fourth-order valence-electron chi connectivity index (χ4n) is 2.16. The second kappa shape index (κ2) is 5.24. The van der Waals surface area contributed by atoms with E-state index in [0.29, 0.717) is 12.0 Å². The van der Waals surface area contributed by atoms with Crippen molar-refractivity contribution < 1.29 is 4.74 Å². The van der Waals surface area contributed by atoms with E-state index in [0.717, 1.165) is 26.2 Å². The molecule has 1 aromatic heterocycles. The number of nitrogens with one attached hydrogen (secondary N) is 1. The van der Waals surface area contributed by atoms with Crippen LogP contribution in [0.4, 0.5) is 0 Å². The molecule has 2 rings (SSSR count). The first-order chi connectivity index (χ1) is 7.42. The highest BCUT2D eigenvalue weighted by atomic mass is 16.5. The average molecular weight is 206 g/mol. The van der Waals surface area contributed by atoms with Gasteiger partial charge in [-0.3, -0.25) is 4.98 Å². The fourth-order valence-corrected chi connectivity index (χ4v) is 2.16. The van der Waals surface area contributed by atoms with Crippen LogP contribution in [0, 0.1) is 5.92 Å². The van der Waals surface area contributed by atoms with Gasteiger partial charge in [0.1, 0.15) is 0 Å². The summed E-state index contributed by atoms with van der Waals surface area (Å²) in [5.74, 6) is 0.604. The molecule has 0 saturated carbocycles. The van der Waals surface area contributed by atoms with E-state index in [1.54, 1.807) is 0 Å². The monoisotopic (exact) mass is 206 g/mol. The van der Waals surface area contributed by atoms with Gasteiger partial charge in [-0.1, -0.05) is 6.92 Å². The Bertz CT molecular complexity index is 283. The van der Waals surface area contributed by atoms with Gasteiger partial charge in [0, 0.05) is 31.0 Å². The molecule has 0 amide bonds. The molecule has 15 heavy (non-hydrogen) atoms. The summed E-state index contributed by atoms with van der Waals surface area (Å²) in [7, 11) is 0. The first kappa shape index (κ1) is 10.6. The van der Waals surface area contributed by atoms with E-state index in [-0.39, 0.29) is 0 Å². The molecule has 82 valence electrons. The predicted molar refractivity (Wildman–Crippen MR) is 59.6 cm³/mol. The molecule has 0 bridgehead atoms. The lowest BCUT2D eigenvalue weighted by atomic mass is 9.93. The Morgan fingerprint density at radius 1 is 1.53 bits per heavy atom. The first-order valence-corrected chi connectivity index (χ1v) is 5.63.